The van der Waals surface area contributed by atoms with Gasteiger partial charge >= 0.3 is 6.18 Å². The first-order valence-corrected chi connectivity index (χ1v) is 8.42. The minimum atomic E-state index is -4.58. The summed E-state index contributed by atoms with van der Waals surface area (Å²) in [4.78, 5) is 12.4. The normalized spacial score (nSPS) is 11.7. The number of nitrogens with one attached hydrogen (secondary N) is 1. The summed E-state index contributed by atoms with van der Waals surface area (Å²) in [5.41, 5.74) is 2.28. The topological polar surface area (TPSA) is 59.8 Å². The van der Waals surface area contributed by atoms with Gasteiger partial charge in [-0.2, -0.15) is 13.2 Å². The SMILES string of the molecule is Cc1ccc(C)n1-c1sccc1C(=O)Nc1nnc(C(F)(F)F)s1. The summed E-state index contributed by atoms with van der Waals surface area (Å²) in [6.07, 6.45) is -4.58. The van der Waals surface area contributed by atoms with Crippen LogP contribution >= 0.6 is 22.7 Å². The van der Waals surface area contributed by atoms with E-state index in [2.05, 4.69) is 15.5 Å². The van der Waals surface area contributed by atoms with Crippen LogP contribution in [-0.4, -0.2) is 20.7 Å². The third kappa shape index (κ3) is 3.06. The summed E-state index contributed by atoms with van der Waals surface area (Å²) in [6.45, 7) is 3.82. The number of alkyl halides is 3. The molecule has 0 radical (unpaired) electrons. The Morgan fingerprint density at radius 3 is 2.42 bits per heavy atom. The molecule has 0 saturated carbocycles. The molecule has 126 valence electrons. The molecule has 0 aliphatic heterocycles. The highest BCUT2D eigenvalue weighted by molar-refractivity contribution is 7.15. The molecule has 0 unspecified atom stereocenters. The highest BCUT2D eigenvalue weighted by Crippen LogP contribution is 2.33. The maximum absolute atomic E-state index is 12.5. The lowest BCUT2D eigenvalue weighted by molar-refractivity contribution is -0.138. The molecule has 10 heteroatoms. The van der Waals surface area contributed by atoms with Crippen molar-refractivity contribution in [2.75, 3.05) is 5.32 Å². The van der Waals surface area contributed by atoms with Crippen molar-refractivity contribution in [1.29, 1.82) is 0 Å². The number of aromatic nitrogens is 3. The molecular formula is C14H11F3N4OS2. The molecule has 1 amide bonds. The monoisotopic (exact) mass is 372 g/mol. The van der Waals surface area contributed by atoms with E-state index in [1.165, 1.54) is 11.3 Å². The standard InChI is InChI=1S/C14H11F3N4OS2/c1-7-3-4-8(2)21(7)11-9(5-6-23-11)10(22)18-13-20-19-12(24-13)14(15,16)17/h3-6H,1-2H3,(H,18,20,22). The van der Waals surface area contributed by atoms with Crippen molar-refractivity contribution >= 4 is 33.7 Å². The summed E-state index contributed by atoms with van der Waals surface area (Å²) < 4.78 is 39.6. The lowest BCUT2D eigenvalue weighted by Gasteiger charge is -2.09. The molecule has 3 rings (SSSR count). The van der Waals surface area contributed by atoms with E-state index >= 15 is 0 Å². The summed E-state index contributed by atoms with van der Waals surface area (Å²) in [7, 11) is 0. The fourth-order valence-electron chi connectivity index (χ4n) is 2.19. The number of hydrogen-bond acceptors (Lipinski definition) is 5. The van der Waals surface area contributed by atoms with Crippen LogP contribution in [0.25, 0.3) is 5.00 Å². The largest absolute Gasteiger partial charge is 0.445 e. The Morgan fingerprint density at radius 1 is 1.17 bits per heavy atom. The predicted molar refractivity (Wildman–Crippen MR) is 86.0 cm³/mol. The van der Waals surface area contributed by atoms with Crippen LogP contribution in [0.1, 0.15) is 26.8 Å². The molecule has 0 saturated heterocycles. The van der Waals surface area contributed by atoms with Crippen molar-refractivity contribution in [3.63, 3.8) is 0 Å². The van der Waals surface area contributed by atoms with Gasteiger partial charge in [0, 0.05) is 11.4 Å². The number of amides is 1. The second kappa shape index (κ2) is 6.02. The Hall–Kier alpha value is -2.20. The van der Waals surface area contributed by atoms with Crippen molar-refractivity contribution < 1.29 is 18.0 Å². The first-order valence-electron chi connectivity index (χ1n) is 6.72. The van der Waals surface area contributed by atoms with Gasteiger partial charge in [0.1, 0.15) is 5.00 Å². The first kappa shape index (κ1) is 16.7. The van der Waals surface area contributed by atoms with E-state index in [4.69, 9.17) is 0 Å². The quantitative estimate of drug-likeness (QED) is 0.747. The number of hydrogen-bond donors (Lipinski definition) is 1. The van der Waals surface area contributed by atoms with Crippen molar-refractivity contribution in [2.45, 2.75) is 20.0 Å². The molecule has 0 spiro atoms. The van der Waals surface area contributed by atoms with Crippen molar-refractivity contribution in [2.24, 2.45) is 0 Å². The number of nitrogens with zero attached hydrogens (tertiary/aromatic N) is 3. The maximum atomic E-state index is 12.5. The maximum Gasteiger partial charge on any atom is 0.445 e. The van der Waals surface area contributed by atoms with Crippen LogP contribution in [-0.2, 0) is 6.18 Å². The summed E-state index contributed by atoms with van der Waals surface area (Å²) in [6, 6.07) is 5.48. The van der Waals surface area contributed by atoms with E-state index < -0.39 is 17.1 Å². The average molecular weight is 372 g/mol. The summed E-state index contributed by atoms with van der Waals surface area (Å²) in [5.74, 6) is -0.524. The van der Waals surface area contributed by atoms with Gasteiger partial charge in [0.15, 0.2) is 0 Å². The van der Waals surface area contributed by atoms with Crippen LogP contribution in [0.4, 0.5) is 18.3 Å². The second-order valence-corrected chi connectivity index (χ2v) is 6.83. The van der Waals surface area contributed by atoms with E-state index in [1.807, 2.05) is 30.5 Å². The first-order chi connectivity index (χ1) is 11.3. The van der Waals surface area contributed by atoms with E-state index in [-0.39, 0.29) is 5.13 Å². The van der Waals surface area contributed by atoms with Gasteiger partial charge in [-0.1, -0.05) is 11.3 Å². The van der Waals surface area contributed by atoms with Gasteiger partial charge in [0.2, 0.25) is 10.1 Å². The molecular weight excluding hydrogens is 361 g/mol. The van der Waals surface area contributed by atoms with Gasteiger partial charge in [-0.25, -0.2) is 0 Å². The van der Waals surface area contributed by atoms with E-state index in [0.29, 0.717) is 21.9 Å². The molecule has 0 aliphatic carbocycles. The molecule has 24 heavy (non-hydrogen) atoms. The zero-order chi connectivity index (χ0) is 17.5. The number of anilines is 1. The third-order valence-electron chi connectivity index (χ3n) is 3.25. The molecule has 0 aliphatic rings. The zero-order valence-electron chi connectivity index (χ0n) is 12.5. The number of carbonyl (C=O) groups excluding carboxylic acids is 1. The molecule has 0 aromatic carbocycles. The minimum Gasteiger partial charge on any atom is -0.309 e. The number of carbonyl (C=O) groups is 1. The summed E-state index contributed by atoms with van der Waals surface area (Å²) >= 11 is 1.67. The molecule has 1 N–H and O–H groups in total. The molecule has 3 heterocycles. The fourth-order valence-corrected chi connectivity index (χ4v) is 3.81. The van der Waals surface area contributed by atoms with Crippen molar-refractivity contribution in [1.82, 2.24) is 14.8 Å². The molecule has 3 aromatic heterocycles. The highest BCUT2D eigenvalue weighted by Gasteiger charge is 2.36. The van der Waals surface area contributed by atoms with Crippen LogP contribution in [0.5, 0.6) is 0 Å². The van der Waals surface area contributed by atoms with Crippen LogP contribution in [0.15, 0.2) is 23.6 Å². The van der Waals surface area contributed by atoms with Crippen LogP contribution in [0.3, 0.4) is 0 Å². The second-order valence-electron chi connectivity index (χ2n) is 4.96. The number of rotatable bonds is 3. The van der Waals surface area contributed by atoms with Crippen molar-refractivity contribution in [3.05, 3.63) is 45.5 Å². The third-order valence-corrected chi connectivity index (χ3v) is 5.03. The Labute approximate surface area is 142 Å². The van der Waals surface area contributed by atoms with Crippen LogP contribution in [0, 0.1) is 13.8 Å². The predicted octanol–water partition coefficient (Wildman–Crippen LogP) is 4.28. The Balaban J connectivity index is 1.87. The smallest absolute Gasteiger partial charge is 0.309 e. The fraction of sp³-hybridized carbons (Fsp3) is 0.214. The lowest BCUT2D eigenvalue weighted by atomic mass is 10.3. The molecule has 3 aromatic rings. The van der Waals surface area contributed by atoms with Gasteiger partial charge in [0.25, 0.3) is 5.91 Å². The molecule has 5 nitrogen and oxygen atoms in total. The van der Waals surface area contributed by atoms with Gasteiger partial charge in [-0.05, 0) is 37.4 Å². The Morgan fingerprint density at radius 2 is 1.83 bits per heavy atom. The Kier molecular flexibility index (Phi) is 4.18. The van der Waals surface area contributed by atoms with Gasteiger partial charge < -0.3 is 4.57 Å². The number of thiophene rings is 1. The molecule has 0 atom stereocenters. The Bertz CT molecular complexity index is 875. The number of aryl methyl sites for hydroxylation is 2. The van der Waals surface area contributed by atoms with Crippen LogP contribution in [0.2, 0.25) is 0 Å². The van der Waals surface area contributed by atoms with Crippen molar-refractivity contribution in [3.8, 4) is 5.00 Å². The minimum absolute atomic E-state index is 0.189. The van der Waals surface area contributed by atoms with Gasteiger partial charge in [-0.15, -0.1) is 21.5 Å². The van der Waals surface area contributed by atoms with E-state index in [0.717, 1.165) is 11.4 Å². The molecule has 0 bridgehead atoms. The number of halogens is 3. The summed E-state index contributed by atoms with van der Waals surface area (Å²) in [5, 5.41) is 9.97. The highest BCUT2D eigenvalue weighted by atomic mass is 32.1. The van der Waals surface area contributed by atoms with Gasteiger partial charge in [0.05, 0.1) is 5.56 Å². The van der Waals surface area contributed by atoms with Crippen LogP contribution < -0.4 is 5.32 Å². The molecule has 0 fully saturated rings. The zero-order valence-corrected chi connectivity index (χ0v) is 14.1. The van der Waals surface area contributed by atoms with E-state index in [1.54, 1.807) is 11.4 Å². The van der Waals surface area contributed by atoms with E-state index in [9.17, 15) is 18.0 Å². The van der Waals surface area contributed by atoms with Gasteiger partial charge in [-0.3, -0.25) is 10.1 Å². The lowest BCUT2D eigenvalue weighted by Crippen LogP contribution is -2.14. The average Bonchev–Trinajstić information content (AvgIpc) is 3.18.